The molecule has 102 valence electrons. The second-order valence-electron chi connectivity index (χ2n) is 4.48. The van der Waals surface area contributed by atoms with Gasteiger partial charge in [-0.3, -0.25) is 9.78 Å². The Hall–Kier alpha value is -1.99. The number of hydrogen-bond donors (Lipinski definition) is 0. The molecule has 2 rings (SSSR count). The molecule has 0 amide bonds. The van der Waals surface area contributed by atoms with Gasteiger partial charge in [0.25, 0.3) is 0 Å². The Morgan fingerprint density at radius 2 is 2.20 bits per heavy atom. The molecule has 0 aliphatic heterocycles. The van der Waals surface area contributed by atoms with Gasteiger partial charge in [0, 0.05) is 17.1 Å². The number of terminal acetylenes is 1. The summed E-state index contributed by atoms with van der Waals surface area (Å²) in [7, 11) is 0. The van der Waals surface area contributed by atoms with Crippen LogP contribution in [0.4, 0.5) is 0 Å². The van der Waals surface area contributed by atoms with Crippen molar-refractivity contribution in [1.29, 1.82) is 0 Å². The van der Waals surface area contributed by atoms with Crippen LogP contribution in [0.25, 0.3) is 10.9 Å². The summed E-state index contributed by atoms with van der Waals surface area (Å²) < 4.78 is 5.72. The van der Waals surface area contributed by atoms with Gasteiger partial charge in [-0.05, 0) is 43.9 Å². The molecule has 0 aliphatic rings. The Balaban J connectivity index is 2.45. The Kier molecular flexibility index (Phi) is 4.31. The van der Waals surface area contributed by atoms with Crippen molar-refractivity contribution in [3.05, 3.63) is 35.5 Å². The summed E-state index contributed by atoms with van der Waals surface area (Å²) in [5.74, 6) is 3.21. The van der Waals surface area contributed by atoms with Crippen LogP contribution >= 0.6 is 11.8 Å². The van der Waals surface area contributed by atoms with Crippen molar-refractivity contribution in [2.24, 2.45) is 0 Å². The highest BCUT2D eigenvalue weighted by molar-refractivity contribution is 7.99. The minimum atomic E-state index is -0.490. The molecule has 0 saturated heterocycles. The number of aryl methyl sites for hydroxylation is 1. The molecule has 4 heteroatoms. The van der Waals surface area contributed by atoms with Crippen molar-refractivity contribution in [2.45, 2.75) is 19.3 Å². The van der Waals surface area contributed by atoms with Crippen LogP contribution in [0.1, 0.15) is 18.1 Å². The van der Waals surface area contributed by atoms with E-state index in [4.69, 9.17) is 11.2 Å². The van der Waals surface area contributed by atoms with E-state index < -0.39 is 5.44 Å². The number of thioether (sulfide) groups is 1. The fourth-order valence-corrected chi connectivity index (χ4v) is 2.50. The Labute approximate surface area is 122 Å². The number of pyridine rings is 1. The number of nitrogens with zero attached hydrogens (tertiary/aromatic N) is 1. The van der Waals surface area contributed by atoms with Crippen molar-refractivity contribution in [1.82, 2.24) is 4.98 Å². The quantitative estimate of drug-likeness (QED) is 0.639. The molecule has 0 bridgehead atoms. The Bertz CT molecular complexity index is 703. The smallest absolute Gasteiger partial charge is 0.202 e. The number of ketones is 1. The van der Waals surface area contributed by atoms with E-state index in [-0.39, 0.29) is 5.78 Å². The molecule has 0 aliphatic carbocycles. The Morgan fingerprint density at radius 3 is 2.80 bits per heavy atom. The number of rotatable bonds is 4. The third-order valence-electron chi connectivity index (χ3n) is 2.90. The number of fused-ring (bicyclic) bond motifs is 1. The largest absolute Gasteiger partial charge is 0.472 e. The molecule has 1 heterocycles. The number of carbonyl (C=O) groups is 1. The summed E-state index contributed by atoms with van der Waals surface area (Å²) in [6, 6.07) is 5.64. The van der Waals surface area contributed by atoms with Gasteiger partial charge in [0.2, 0.25) is 5.44 Å². The lowest BCUT2D eigenvalue weighted by molar-refractivity contribution is -0.120. The summed E-state index contributed by atoms with van der Waals surface area (Å²) >= 11 is 1.37. The maximum absolute atomic E-state index is 11.4. The number of ether oxygens (including phenoxy) is 1. The normalized spacial score (nSPS) is 11.9. The SMILES string of the molecule is C#Cc1cnc2c(C)cc(OC(SC)C(C)=O)cc2c1. The van der Waals surface area contributed by atoms with Crippen LogP contribution in [0.5, 0.6) is 5.75 Å². The number of hydrogen-bond acceptors (Lipinski definition) is 4. The number of benzene rings is 1. The molecule has 1 atom stereocenters. The number of carbonyl (C=O) groups excluding carboxylic acids is 1. The first kappa shape index (κ1) is 14.4. The highest BCUT2D eigenvalue weighted by Gasteiger charge is 2.15. The van der Waals surface area contributed by atoms with E-state index in [1.807, 2.05) is 31.4 Å². The van der Waals surface area contributed by atoms with Gasteiger partial charge < -0.3 is 4.74 Å². The molecule has 3 nitrogen and oxygen atoms in total. The molecule has 1 unspecified atom stereocenters. The lowest BCUT2D eigenvalue weighted by Crippen LogP contribution is -2.20. The molecular weight excluding hydrogens is 270 g/mol. The predicted molar refractivity (Wildman–Crippen MR) is 83.0 cm³/mol. The zero-order chi connectivity index (χ0) is 14.7. The van der Waals surface area contributed by atoms with Crippen LogP contribution in [0, 0.1) is 19.3 Å². The molecule has 1 aromatic heterocycles. The predicted octanol–water partition coefficient (Wildman–Crippen LogP) is 3.18. The molecule has 2 aromatic rings. The third-order valence-corrected chi connectivity index (χ3v) is 3.76. The number of Topliss-reactive ketones (excluding diaryl/α,β-unsaturated/α-hetero) is 1. The van der Waals surface area contributed by atoms with Gasteiger partial charge in [0.1, 0.15) is 5.75 Å². The second-order valence-corrected chi connectivity index (χ2v) is 5.38. The van der Waals surface area contributed by atoms with Gasteiger partial charge >= 0.3 is 0 Å². The summed E-state index contributed by atoms with van der Waals surface area (Å²) in [5.41, 5.74) is 2.11. The van der Waals surface area contributed by atoms with Gasteiger partial charge in [-0.15, -0.1) is 18.2 Å². The van der Waals surface area contributed by atoms with Crippen LogP contribution in [0.3, 0.4) is 0 Å². The van der Waals surface area contributed by atoms with E-state index >= 15 is 0 Å². The van der Waals surface area contributed by atoms with Gasteiger partial charge in [0.15, 0.2) is 5.78 Å². The third kappa shape index (κ3) is 2.94. The molecule has 0 N–H and O–H groups in total. The molecule has 0 spiro atoms. The average molecular weight is 285 g/mol. The maximum atomic E-state index is 11.4. The zero-order valence-corrected chi connectivity index (χ0v) is 12.5. The second kappa shape index (κ2) is 5.98. The minimum Gasteiger partial charge on any atom is -0.472 e. The van der Waals surface area contributed by atoms with Gasteiger partial charge in [-0.1, -0.05) is 5.92 Å². The van der Waals surface area contributed by atoms with Crippen LogP contribution in [-0.2, 0) is 4.79 Å². The summed E-state index contributed by atoms with van der Waals surface area (Å²) in [6.45, 7) is 3.48. The first-order chi connectivity index (χ1) is 9.55. The molecule has 20 heavy (non-hydrogen) atoms. The van der Waals surface area contributed by atoms with Crippen molar-refractivity contribution in [3.63, 3.8) is 0 Å². The van der Waals surface area contributed by atoms with Crippen molar-refractivity contribution >= 4 is 28.4 Å². The molecular formula is C16H15NO2S. The molecule has 0 fully saturated rings. The lowest BCUT2D eigenvalue weighted by Gasteiger charge is -2.15. The fourth-order valence-electron chi connectivity index (χ4n) is 1.97. The molecule has 0 radical (unpaired) electrons. The van der Waals surface area contributed by atoms with Crippen LogP contribution < -0.4 is 4.74 Å². The summed E-state index contributed by atoms with van der Waals surface area (Å²) in [5, 5.41) is 0.916. The van der Waals surface area contributed by atoms with E-state index in [2.05, 4.69) is 10.9 Å². The van der Waals surface area contributed by atoms with Crippen molar-refractivity contribution in [2.75, 3.05) is 6.26 Å². The fraction of sp³-hybridized carbons (Fsp3) is 0.250. The lowest BCUT2D eigenvalue weighted by atomic mass is 10.1. The zero-order valence-electron chi connectivity index (χ0n) is 11.6. The van der Waals surface area contributed by atoms with Gasteiger partial charge in [-0.25, -0.2) is 0 Å². The van der Waals surface area contributed by atoms with Gasteiger partial charge in [-0.2, -0.15) is 0 Å². The van der Waals surface area contributed by atoms with Crippen molar-refractivity contribution < 1.29 is 9.53 Å². The van der Waals surface area contributed by atoms with Gasteiger partial charge in [0.05, 0.1) is 5.52 Å². The van der Waals surface area contributed by atoms with E-state index in [1.54, 1.807) is 6.20 Å². The van der Waals surface area contributed by atoms with Crippen molar-refractivity contribution in [3.8, 4) is 18.1 Å². The topological polar surface area (TPSA) is 39.2 Å². The summed E-state index contributed by atoms with van der Waals surface area (Å²) in [4.78, 5) is 15.8. The van der Waals surface area contributed by atoms with Crippen LogP contribution in [-0.4, -0.2) is 22.5 Å². The Morgan fingerprint density at radius 1 is 1.45 bits per heavy atom. The van der Waals surface area contributed by atoms with E-state index in [0.717, 1.165) is 22.0 Å². The monoisotopic (exact) mass is 285 g/mol. The minimum absolute atomic E-state index is 0.00856. The molecule has 1 aromatic carbocycles. The van der Waals surface area contributed by atoms with E-state index in [9.17, 15) is 4.79 Å². The van der Waals surface area contributed by atoms with Crippen LogP contribution in [0.2, 0.25) is 0 Å². The first-order valence-electron chi connectivity index (χ1n) is 6.12. The number of aromatic nitrogens is 1. The maximum Gasteiger partial charge on any atom is 0.202 e. The van der Waals surface area contributed by atoms with E-state index in [0.29, 0.717) is 5.75 Å². The first-order valence-corrected chi connectivity index (χ1v) is 7.41. The van der Waals surface area contributed by atoms with E-state index in [1.165, 1.54) is 18.7 Å². The highest BCUT2D eigenvalue weighted by Crippen LogP contribution is 2.26. The standard InChI is InChI=1S/C16H15NO2S/c1-5-12-7-13-8-14(19-16(20-4)11(3)18)6-10(2)15(13)17-9-12/h1,6-9,16H,2-4H3. The molecule has 0 saturated carbocycles. The highest BCUT2D eigenvalue weighted by atomic mass is 32.2. The summed E-state index contributed by atoms with van der Waals surface area (Å²) in [6.07, 6.45) is 8.91. The van der Waals surface area contributed by atoms with Crippen LogP contribution in [0.15, 0.2) is 24.4 Å². The average Bonchev–Trinajstić information content (AvgIpc) is 2.43.